The molecule has 0 aliphatic heterocycles. The first-order valence-corrected chi connectivity index (χ1v) is 6.88. The summed E-state index contributed by atoms with van der Waals surface area (Å²) in [6, 6.07) is 7.19. The van der Waals surface area contributed by atoms with E-state index >= 15 is 0 Å². The van der Waals surface area contributed by atoms with Crippen molar-refractivity contribution in [3.8, 4) is 11.9 Å². The standard InChI is InChI=1S/C16H14ClN3O2/c1-9-11(7-18)15(21)20(3)16(22)12(9)8-19-14-6-4-5-13(17)10(14)2/h4-6,8,22H,1-3H3. The maximum atomic E-state index is 11.9. The van der Waals surface area contributed by atoms with Crippen molar-refractivity contribution >= 4 is 23.5 Å². The van der Waals surface area contributed by atoms with Crippen LogP contribution in [0.25, 0.3) is 0 Å². The van der Waals surface area contributed by atoms with Crippen LogP contribution in [0.4, 0.5) is 5.69 Å². The number of rotatable bonds is 2. The third kappa shape index (κ3) is 2.61. The number of hydrogen-bond donors (Lipinski definition) is 1. The Hall–Kier alpha value is -2.58. The summed E-state index contributed by atoms with van der Waals surface area (Å²) in [5, 5.41) is 19.8. The fraction of sp³-hybridized carbons (Fsp3) is 0.188. The summed E-state index contributed by atoms with van der Waals surface area (Å²) in [6.45, 7) is 3.44. The monoisotopic (exact) mass is 315 g/mol. The van der Waals surface area contributed by atoms with Gasteiger partial charge in [-0.1, -0.05) is 17.7 Å². The van der Waals surface area contributed by atoms with Crippen LogP contribution in [0.1, 0.15) is 22.3 Å². The molecule has 0 amide bonds. The lowest BCUT2D eigenvalue weighted by molar-refractivity contribution is 0.421. The number of halogens is 1. The van der Waals surface area contributed by atoms with E-state index < -0.39 is 5.56 Å². The van der Waals surface area contributed by atoms with Crippen LogP contribution in [0.2, 0.25) is 5.02 Å². The van der Waals surface area contributed by atoms with Gasteiger partial charge in [0.1, 0.15) is 11.6 Å². The quantitative estimate of drug-likeness (QED) is 0.865. The number of aliphatic imine (C=N–C) groups is 1. The molecule has 2 rings (SSSR count). The Balaban J connectivity index is 2.62. The van der Waals surface area contributed by atoms with E-state index in [1.807, 2.05) is 13.0 Å². The first kappa shape index (κ1) is 15.8. The molecule has 0 atom stereocenters. The zero-order chi connectivity index (χ0) is 16.4. The van der Waals surface area contributed by atoms with Crippen molar-refractivity contribution in [3.05, 3.63) is 55.8 Å². The molecule has 0 aliphatic rings. The van der Waals surface area contributed by atoms with Crippen LogP contribution >= 0.6 is 11.6 Å². The van der Waals surface area contributed by atoms with Gasteiger partial charge >= 0.3 is 0 Å². The van der Waals surface area contributed by atoms with Crippen molar-refractivity contribution in [2.45, 2.75) is 13.8 Å². The Kier molecular flexibility index (Phi) is 4.34. The Morgan fingerprint density at radius 1 is 1.36 bits per heavy atom. The van der Waals surface area contributed by atoms with E-state index in [4.69, 9.17) is 16.9 Å². The van der Waals surface area contributed by atoms with Crippen molar-refractivity contribution in [2.24, 2.45) is 12.0 Å². The first-order valence-electron chi connectivity index (χ1n) is 6.50. The van der Waals surface area contributed by atoms with Gasteiger partial charge < -0.3 is 5.11 Å². The fourth-order valence-corrected chi connectivity index (χ4v) is 2.23. The molecule has 5 nitrogen and oxygen atoms in total. The molecule has 6 heteroatoms. The lowest BCUT2D eigenvalue weighted by atomic mass is 10.1. The number of pyridine rings is 1. The highest BCUT2D eigenvalue weighted by molar-refractivity contribution is 6.31. The van der Waals surface area contributed by atoms with Crippen LogP contribution in [0, 0.1) is 25.2 Å². The summed E-state index contributed by atoms with van der Waals surface area (Å²) in [6.07, 6.45) is 1.43. The van der Waals surface area contributed by atoms with Crippen molar-refractivity contribution in [2.75, 3.05) is 0 Å². The van der Waals surface area contributed by atoms with Gasteiger partial charge in [0.05, 0.1) is 11.3 Å². The predicted molar refractivity (Wildman–Crippen MR) is 86.2 cm³/mol. The highest BCUT2D eigenvalue weighted by Gasteiger charge is 2.15. The molecule has 0 saturated heterocycles. The molecule has 0 unspecified atom stereocenters. The molecular weight excluding hydrogens is 302 g/mol. The smallest absolute Gasteiger partial charge is 0.271 e. The summed E-state index contributed by atoms with van der Waals surface area (Å²) < 4.78 is 1.03. The molecule has 112 valence electrons. The zero-order valence-electron chi connectivity index (χ0n) is 12.4. The van der Waals surface area contributed by atoms with E-state index in [-0.39, 0.29) is 11.4 Å². The highest BCUT2D eigenvalue weighted by atomic mass is 35.5. The second kappa shape index (κ2) is 6.04. The van der Waals surface area contributed by atoms with Gasteiger partial charge in [-0.2, -0.15) is 5.26 Å². The maximum absolute atomic E-state index is 11.9. The number of aromatic hydroxyl groups is 1. The van der Waals surface area contributed by atoms with Gasteiger partial charge in [-0.05, 0) is 37.1 Å². The first-order chi connectivity index (χ1) is 10.4. The number of hydrogen-bond acceptors (Lipinski definition) is 4. The molecule has 2 aromatic rings. The van der Waals surface area contributed by atoms with Crippen molar-refractivity contribution in [1.29, 1.82) is 5.26 Å². The molecule has 0 saturated carbocycles. The van der Waals surface area contributed by atoms with Gasteiger partial charge in [0.25, 0.3) is 5.56 Å². The Bertz CT molecular complexity index is 876. The predicted octanol–water partition coefficient (Wildman–Crippen LogP) is 2.98. The highest BCUT2D eigenvalue weighted by Crippen LogP contribution is 2.26. The Morgan fingerprint density at radius 3 is 2.68 bits per heavy atom. The minimum absolute atomic E-state index is 0.00966. The largest absolute Gasteiger partial charge is 0.494 e. The third-order valence-electron chi connectivity index (χ3n) is 3.54. The Labute approximate surface area is 132 Å². The molecule has 0 spiro atoms. The minimum Gasteiger partial charge on any atom is -0.494 e. The van der Waals surface area contributed by atoms with Crippen LogP contribution in [-0.4, -0.2) is 15.9 Å². The number of nitrogens with zero attached hydrogens (tertiary/aromatic N) is 3. The average molecular weight is 316 g/mol. The molecule has 0 radical (unpaired) electrons. The van der Waals surface area contributed by atoms with Crippen LogP contribution in [0.3, 0.4) is 0 Å². The van der Waals surface area contributed by atoms with Gasteiger partial charge in [-0.25, -0.2) is 0 Å². The van der Waals surface area contributed by atoms with E-state index in [0.29, 0.717) is 21.8 Å². The van der Waals surface area contributed by atoms with E-state index in [1.54, 1.807) is 25.1 Å². The normalized spacial score (nSPS) is 10.9. The van der Waals surface area contributed by atoms with Gasteiger partial charge in [-0.3, -0.25) is 14.4 Å². The van der Waals surface area contributed by atoms with Crippen LogP contribution < -0.4 is 5.56 Å². The number of benzene rings is 1. The van der Waals surface area contributed by atoms with Gasteiger partial charge in [-0.15, -0.1) is 0 Å². The minimum atomic E-state index is -0.534. The molecule has 1 heterocycles. The molecule has 22 heavy (non-hydrogen) atoms. The fourth-order valence-electron chi connectivity index (χ4n) is 2.06. The lowest BCUT2D eigenvalue weighted by Gasteiger charge is -2.10. The van der Waals surface area contributed by atoms with E-state index in [2.05, 4.69) is 4.99 Å². The molecule has 0 fully saturated rings. The number of nitriles is 1. The van der Waals surface area contributed by atoms with E-state index in [0.717, 1.165) is 10.1 Å². The molecule has 0 bridgehead atoms. The average Bonchev–Trinajstić information content (AvgIpc) is 2.49. The van der Waals surface area contributed by atoms with Crippen LogP contribution in [-0.2, 0) is 7.05 Å². The van der Waals surface area contributed by atoms with Crippen molar-refractivity contribution < 1.29 is 5.11 Å². The molecule has 1 N–H and O–H groups in total. The number of aromatic nitrogens is 1. The van der Waals surface area contributed by atoms with Crippen molar-refractivity contribution in [3.63, 3.8) is 0 Å². The summed E-state index contributed by atoms with van der Waals surface area (Å²) in [7, 11) is 1.40. The van der Waals surface area contributed by atoms with Gasteiger partial charge in [0, 0.05) is 18.3 Å². The van der Waals surface area contributed by atoms with E-state index in [9.17, 15) is 9.90 Å². The topological polar surface area (TPSA) is 78.4 Å². The molecule has 0 aliphatic carbocycles. The SMILES string of the molecule is Cc1c(Cl)cccc1N=Cc1c(C)c(C#N)c(=O)n(C)c1O. The second-order valence-corrected chi connectivity index (χ2v) is 5.26. The third-order valence-corrected chi connectivity index (χ3v) is 3.95. The maximum Gasteiger partial charge on any atom is 0.271 e. The molecule has 1 aromatic heterocycles. The Morgan fingerprint density at radius 2 is 2.05 bits per heavy atom. The summed E-state index contributed by atoms with van der Waals surface area (Å²) in [5.41, 5.74) is 1.64. The molecule has 1 aromatic carbocycles. The molecular formula is C16H14ClN3O2. The van der Waals surface area contributed by atoms with Crippen molar-refractivity contribution in [1.82, 2.24) is 4.57 Å². The van der Waals surface area contributed by atoms with Gasteiger partial charge in [0.15, 0.2) is 0 Å². The second-order valence-electron chi connectivity index (χ2n) is 4.86. The van der Waals surface area contributed by atoms with Crippen LogP contribution in [0.5, 0.6) is 5.88 Å². The summed E-state index contributed by atoms with van der Waals surface area (Å²) in [4.78, 5) is 16.2. The van der Waals surface area contributed by atoms with Gasteiger partial charge in [0.2, 0.25) is 5.88 Å². The summed E-state index contributed by atoms with van der Waals surface area (Å²) >= 11 is 6.04. The lowest BCUT2D eigenvalue weighted by Crippen LogP contribution is -2.22. The van der Waals surface area contributed by atoms with E-state index in [1.165, 1.54) is 13.3 Å². The zero-order valence-corrected chi connectivity index (χ0v) is 13.1. The summed E-state index contributed by atoms with van der Waals surface area (Å²) in [5.74, 6) is -0.232. The van der Waals surface area contributed by atoms with Crippen LogP contribution in [0.15, 0.2) is 28.0 Å².